The molecule has 0 aliphatic carbocycles. The van der Waals surface area contributed by atoms with Gasteiger partial charge in [0.25, 0.3) is 5.91 Å². The van der Waals surface area contributed by atoms with Crippen LogP contribution in [-0.4, -0.2) is 18.3 Å². The molecule has 0 aliphatic rings. The monoisotopic (exact) mass is 207 g/mol. The molecule has 5 heteroatoms. The lowest BCUT2D eigenvalue weighted by atomic mass is 10.1. The number of carbonyl (C=O) groups excluding carboxylic acids is 1. The van der Waals surface area contributed by atoms with Crippen molar-refractivity contribution in [1.29, 1.82) is 5.41 Å². The number of nitrogen functional groups attached to an aromatic ring is 1. The van der Waals surface area contributed by atoms with Gasteiger partial charge in [0.1, 0.15) is 11.6 Å². The van der Waals surface area contributed by atoms with E-state index in [9.17, 15) is 4.79 Å². The van der Waals surface area contributed by atoms with Crippen LogP contribution in [0.15, 0.2) is 18.2 Å². The summed E-state index contributed by atoms with van der Waals surface area (Å²) in [5, 5.41) is 7.25. The van der Waals surface area contributed by atoms with Crippen molar-refractivity contribution in [3.8, 4) is 5.75 Å². The fourth-order valence-corrected chi connectivity index (χ4v) is 1.17. The van der Waals surface area contributed by atoms with Gasteiger partial charge in [-0.15, -0.1) is 0 Å². The molecular formula is C10H13N3O2. The van der Waals surface area contributed by atoms with E-state index in [1.807, 2.05) is 0 Å². The van der Waals surface area contributed by atoms with Crippen molar-refractivity contribution in [3.63, 3.8) is 0 Å². The summed E-state index contributed by atoms with van der Waals surface area (Å²) < 4.78 is 5.24. The highest BCUT2D eigenvalue weighted by molar-refractivity contribution is 5.99. The number of amides is 1. The molecule has 5 N–H and O–H groups in total. The fraction of sp³-hybridized carbons (Fsp3) is 0.200. The minimum absolute atomic E-state index is 0.0769. The summed E-state index contributed by atoms with van der Waals surface area (Å²) in [5.74, 6) is -0.279. The number of hydrogen-bond acceptors (Lipinski definition) is 3. The number of nitrogens with two attached hydrogens (primary N) is 2. The second-order valence-electron chi connectivity index (χ2n) is 2.92. The number of carbonyl (C=O) groups is 1. The normalized spacial score (nSPS) is 9.67. The lowest BCUT2D eigenvalue weighted by Crippen LogP contribution is -2.16. The highest BCUT2D eigenvalue weighted by Gasteiger charge is 2.10. The molecule has 0 atom stereocenters. The van der Waals surface area contributed by atoms with Crippen LogP contribution < -0.4 is 16.2 Å². The average Bonchev–Trinajstić information content (AvgIpc) is 2.17. The van der Waals surface area contributed by atoms with Crippen molar-refractivity contribution >= 4 is 11.7 Å². The number of primary amides is 1. The third-order valence-electron chi connectivity index (χ3n) is 1.86. The molecule has 0 saturated heterocycles. The zero-order valence-corrected chi connectivity index (χ0v) is 8.41. The Hall–Kier alpha value is -2.04. The molecule has 80 valence electrons. The Kier molecular flexibility index (Phi) is 3.28. The van der Waals surface area contributed by atoms with Gasteiger partial charge in [-0.25, -0.2) is 0 Å². The molecule has 5 nitrogen and oxygen atoms in total. The highest BCUT2D eigenvalue weighted by Crippen LogP contribution is 2.19. The number of hydrogen-bond donors (Lipinski definition) is 3. The molecule has 0 spiro atoms. The lowest BCUT2D eigenvalue weighted by Gasteiger charge is -2.09. The van der Waals surface area contributed by atoms with Crippen LogP contribution in [0.2, 0.25) is 0 Å². The Labute approximate surface area is 87.5 Å². The zero-order chi connectivity index (χ0) is 11.4. The second-order valence-corrected chi connectivity index (χ2v) is 2.92. The van der Waals surface area contributed by atoms with E-state index in [2.05, 4.69) is 0 Å². The smallest absolute Gasteiger partial charge is 0.252 e. The maximum Gasteiger partial charge on any atom is 0.252 e. The summed E-state index contributed by atoms with van der Waals surface area (Å²) in [6, 6.07) is 4.60. The van der Waals surface area contributed by atoms with Crippen LogP contribution >= 0.6 is 0 Å². The van der Waals surface area contributed by atoms with E-state index in [1.54, 1.807) is 13.0 Å². The van der Waals surface area contributed by atoms with E-state index in [0.29, 0.717) is 23.5 Å². The first-order valence-corrected chi connectivity index (χ1v) is 4.47. The van der Waals surface area contributed by atoms with Crippen LogP contribution in [0, 0.1) is 5.41 Å². The van der Waals surface area contributed by atoms with Crippen molar-refractivity contribution in [2.24, 2.45) is 11.5 Å². The van der Waals surface area contributed by atoms with Gasteiger partial charge in [0.15, 0.2) is 0 Å². The molecule has 0 aliphatic heterocycles. The number of amidine groups is 1. The Balaban J connectivity index is 3.20. The van der Waals surface area contributed by atoms with Gasteiger partial charge in [0.05, 0.1) is 12.2 Å². The Morgan fingerprint density at radius 3 is 2.60 bits per heavy atom. The number of benzene rings is 1. The van der Waals surface area contributed by atoms with Crippen LogP contribution in [0.3, 0.4) is 0 Å². The van der Waals surface area contributed by atoms with E-state index in [4.69, 9.17) is 21.6 Å². The Morgan fingerprint density at radius 1 is 1.47 bits per heavy atom. The standard InChI is InChI=1S/C10H13N3O2/c1-2-15-8-5-6(9(11)12)3-4-7(8)10(13)14/h3-5H,2H2,1H3,(H3,11,12)(H2,13,14). The third-order valence-corrected chi connectivity index (χ3v) is 1.86. The lowest BCUT2D eigenvalue weighted by molar-refractivity contribution is 0.0996. The zero-order valence-electron chi connectivity index (χ0n) is 8.41. The van der Waals surface area contributed by atoms with Crippen LogP contribution in [0.4, 0.5) is 0 Å². The van der Waals surface area contributed by atoms with Gasteiger partial charge in [-0.05, 0) is 19.1 Å². The fourth-order valence-electron chi connectivity index (χ4n) is 1.17. The van der Waals surface area contributed by atoms with Crippen molar-refractivity contribution in [2.75, 3.05) is 6.61 Å². The van der Waals surface area contributed by atoms with Gasteiger partial charge < -0.3 is 16.2 Å². The minimum Gasteiger partial charge on any atom is -0.493 e. The van der Waals surface area contributed by atoms with Crippen molar-refractivity contribution in [1.82, 2.24) is 0 Å². The summed E-state index contributed by atoms with van der Waals surface area (Å²) in [4.78, 5) is 11.0. The predicted octanol–water partition coefficient (Wildman–Crippen LogP) is 0.468. The second kappa shape index (κ2) is 4.45. The summed E-state index contributed by atoms with van der Waals surface area (Å²) in [6.07, 6.45) is 0. The molecule has 1 aromatic carbocycles. The number of ether oxygens (including phenoxy) is 1. The largest absolute Gasteiger partial charge is 0.493 e. The average molecular weight is 207 g/mol. The molecule has 0 bridgehead atoms. The molecule has 15 heavy (non-hydrogen) atoms. The molecule has 0 saturated carbocycles. The van der Waals surface area contributed by atoms with E-state index in [-0.39, 0.29) is 5.84 Å². The van der Waals surface area contributed by atoms with E-state index >= 15 is 0 Å². The molecular weight excluding hydrogens is 194 g/mol. The predicted molar refractivity (Wildman–Crippen MR) is 57.1 cm³/mol. The van der Waals surface area contributed by atoms with Gasteiger partial charge in [0.2, 0.25) is 0 Å². The molecule has 0 heterocycles. The maximum atomic E-state index is 11.0. The first-order valence-electron chi connectivity index (χ1n) is 4.47. The van der Waals surface area contributed by atoms with Crippen LogP contribution in [0.1, 0.15) is 22.8 Å². The van der Waals surface area contributed by atoms with E-state index < -0.39 is 5.91 Å². The number of rotatable bonds is 4. The van der Waals surface area contributed by atoms with Gasteiger partial charge >= 0.3 is 0 Å². The Bertz CT molecular complexity index is 402. The molecule has 0 radical (unpaired) electrons. The van der Waals surface area contributed by atoms with Crippen molar-refractivity contribution in [2.45, 2.75) is 6.92 Å². The van der Waals surface area contributed by atoms with Crippen molar-refractivity contribution in [3.05, 3.63) is 29.3 Å². The number of nitrogens with one attached hydrogen (secondary N) is 1. The van der Waals surface area contributed by atoms with Gasteiger partial charge in [-0.3, -0.25) is 10.2 Å². The SMILES string of the molecule is CCOc1cc(C(=N)N)ccc1C(N)=O. The first-order chi connectivity index (χ1) is 7.06. The molecule has 0 aromatic heterocycles. The maximum absolute atomic E-state index is 11.0. The van der Waals surface area contributed by atoms with E-state index in [0.717, 1.165) is 0 Å². The summed E-state index contributed by atoms with van der Waals surface area (Å²) in [7, 11) is 0. The quantitative estimate of drug-likeness (QED) is 0.494. The topological polar surface area (TPSA) is 102 Å². The molecule has 0 unspecified atom stereocenters. The molecule has 1 aromatic rings. The first kappa shape index (κ1) is 11.0. The summed E-state index contributed by atoms with van der Waals surface area (Å²) in [5.41, 5.74) is 11.3. The highest BCUT2D eigenvalue weighted by atomic mass is 16.5. The van der Waals surface area contributed by atoms with Gasteiger partial charge in [-0.2, -0.15) is 0 Å². The molecule has 1 amide bonds. The summed E-state index contributed by atoms with van der Waals surface area (Å²) in [6.45, 7) is 2.22. The van der Waals surface area contributed by atoms with Crippen LogP contribution in [-0.2, 0) is 0 Å². The molecule has 0 fully saturated rings. The van der Waals surface area contributed by atoms with Gasteiger partial charge in [0, 0.05) is 5.56 Å². The van der Waals surface area contributed by atoms with Crippen molar-refractivity contribution < 1.29 is 9.53 Å². The minimum atomic E-state index is -0.562. The van der Waals surface area contributed by atoms with Gasteiger partial charge in [-0.1, -0.05) is 6.07 Å². The van der Waals surface area contributed by atoms with Crippen LogP contribution in [0.5, 0.6) is 5.75 Å². The summed E-state index contributed by atoms with van der Waals surface area (Å²) >= 11 is 0. The Morgan fingerprint density at radius 2 is 2.13 bits per heavy atom. The van der Waals surface area contributed by atoms with Crippen LogP contribution in [0.25, 0.3) is 0 Å². The van der Waals surface area contributed by atoms with E-state index in [1.165, 1.54) is 12.1 Å². The molecule has 1 rings (SSSR count). The third kappa shape index (κ3) is 2.46.